The molecule has 0 atom stereocenters. The van der Waals surface area contributed by atoms with Crippen LogP contribution in [0.4, 0.5) is 0 Å². The lowest BCUT2D eigenvalue weighted by Gasteiger charge is -2.05. The summed E-state index contributed by atoms with van der Waals surface area (Å²) in [6.07, 6.45) is 5.08. The van der Waals surface area contributed by atoms with Crippen LogP contribution < -0.4 is 5.56 Å². The first kappa shape index (κ1) is 11.0. The molecule has 14 heavy (non-hydrogen) atoms. The molecule has 78 valence electrons. The molecular weight excluding hydrogens is 178 g/mol. The molecule has 1 N–H and O–H groups in total. The summed E-state index contributed by atoms with van der Waals surface area (Å²) in [5.74, 6) is 0. The predicted molar refractivity (Wildman–Crippen MR) is 56.1 cm³/mol. The minimum Gasteiger partial charge on any atom is -0.391 e. The summed E-state index contributed by atoms with van der Waals surface area (Å²) in [6.45, 7) is 2.71. The summed E-state index contributed by atoms with van der Waals surface area (Å²) in [7, 11) is 0. The number of hydrogen-bond donors (Lipinski definition) is 1. The van der Waals surface area contributed by atoms with Gasteiger partial charge in [0.25, 0.3) is 5.56 Å². The third-order valence-electron chi connectivity index (χ3n) is 2.27. The van der Waals surface area contributed by atoms with E-state index in [4.69, 9.17) is 5.11 Å². The zero-order chi connectivity index (χ0) is 10.4. The number of aromatic nitrogens is 1. The maximum atomic E-state index is 11.6. The van der Waals surface area contributed by atoms with Crippen LogP contribution in [0.5, 0.6) is 0 Å². The predicted octanol–water partition coefficient (Wildman–Crippen LogP) is 1.53. The van der Waals surface area contributed by atoms with Crippen molar-refractivity contribution in [2.45, 2.75) is 39.3 Å². The van der Waals surface area contributed by atoms with Gasteiger partial charge in [-0.3, -0.25) is 4.79 Å². The van der Waals surface area contributed by atoms with E-state index in [0.29, 0.717) is 5.56 Å². The molecule has 0 radical (unpaired) electrons. The molecule has 0 bridgehead atoms. The fourth-order valence-corrected chi connectivity index (χ4v) is 1.42. The summed E-state index contributed by atoms with van der Waals surface area (Å²) in [4.78, 5) is 11.6. The van der Waals surface area contributed by atoms with Crippen molar-refractivity contribution in [3.05, 3.63) is 34.2 Å². The van der Waals surface area contributed by atoms with Gasteiger partial charge in [0.15, 0.2) is 0 Å². The molecule has 0 aliphatic rings. The Bertz CT molecular complexity index is 330. The van der Waals surface area contributed by atoms with Crippen molar-refractivity contribution in [2.75, 3.05) is 0 Å². The van der Waals surface area contributed by atoms with Gasteiger partial charge in [0.05, 0.1) is 6.61 Å². The first-order chi connectivity index (χ1) is 6.79. The lowest BCUT2D eigenvalue weighted by Crippen LogP contribution is -2.22. The number of aliphatic hydroxyl groups is 1. The average molecular weight is 195 g/mol. The van der Waals surface area contributed by atoms with Gasteiger partial charge in [-0.25, -0.2) is 0 Å². The first-order valence-corrected chi connectivity index (χ1v) is 5.08. The fourth-order valence-electron chi connectivity index (χ4n) is 1.42. The molecule has 0 unspecified atom stereocenters. The molecule has 0 aliphatic heterocycles. The number of aliphatic hydroxyl groups excluding tert-OH is 1. The Kier molecular flexibility index (Phi) is 4.40. The fraction of sp³-hybridized carbons (Fsp3) is 0.545. The second-order valence-corrected chi connectivity index (χ2v) is 3.40. The van der Waals surface area contributed by atoms with Crippen molar-refractivity contribution < 1.29 is 5.11 Å². The standard InChI is InChI=1S/C11H17NO2/c1-2-3-4-7-12-8-5-6-10(9-13)11(12)14/h5-6,8,13H,2-4,7,9H2,1H3. The van der Waals surface area contributed by atoms with Gasteiger partial charge in [-0.05, 0) is 18.6 Å². The van der Waals surface area contributed by atoms with Gasteiger partial charge in [-0.2, -0.15) is 0 Å². The summed E-state index contributed by atoms with van der Waals surface area (Å²) in [6, 6.07) is 3.47. The second-order valence-electron chi connectivity index (χ2n) is 3.40. The number of unbranched alkanes of at least 4 members (excludes halogenated alkanes) is 2. The van der Waals surface area contributed by atoms with Gasteiger partial charge < -0.3 is 9.67 Å². The highest BCUT2D eigenvalue weighted by Gasteiger charge is 2.00. The normalized spacial score (nSPS) is 10.4. The van der Waals surface area contributed by atoms with Crippen LogP contribution in [0, 0.1) is 0 Å². The van der Waals surface area contributed by atoms with E-state index >= 15 is 0 Å². The summed E-state index contributed by atoms with van der Waals surface area (Å²) in [5, 5.41) is 8.90. The maximum absolute atomic E-state index is 11.6. The van der Waals surface area contributed by atoms with E-state index in [-0.39, 0.29) is 12.2 Å². The molecule has 0 amide bonds. The number of nitrogens with zero attached hydrogens (tertiary/aromatic N) is 1. The highest BCUT2D eigenvalue weighted by atomic mass is 16.3. The Morgan fingerprint density at radius 3 is 2.86 bits per heavy atom. The maximum Gasteiger partial charge on any atom is 0.256 e. The van der Waals surface area contributed by atoms with Gasteiger partial charge in [0.1, 0.15) is 0 Å². The number of aryl methyl sites for hydroxylation is 1. The zero-order valence-corrected chi connectivity index (χ0v) is 8.57. The van der Waals surface area contributed by atoms with Crippen LogP contribution in [-0.2, 0) is 13.2 Å². The Labute approximate surface area is 84.0 Å². The first-order valence-electron chi connectivity index (χ1n) is 5.08. The topological polar surface area (TPSA) is 42.2 Å². The molecule has 0 aromatic carbocycles. The molecule has 0 fully saturated rings. The lowest BCUT2D eigenvalue weighted by molar-refractivity contribution is 0.279. The van der Waals surface area contributed by atoms with Crippen molar-refractivity contribution >= 4 is 0 Å². The quantitative estimate of drug-likeness (QED) is 0.724. The highest BCUT2D eigenvalue weighted by Crippen LogP contribution is 1.98. The van der Waals surface area contributed by atoms with E-state index in [0.717, 1.165) is 25.8 Å². The van der Waals surface area contributed by atoms with Crippen LogP contribution in [-0.4, -0.2) is 9.67 Å². The second kappa shape index (κ2) is 5.60. The highest BCUT2D eigenvalue weighted by molar-refractivity contribution is 5.08. The summed E-state index contributed by atoms with van der Waals surface area (Å²) >= 11 is 0. The van der Waals surface area contributed by atoms with E-state index in [9.17, 15) is 4.79 Å². The van der Waals surface area contributed by atoms with Gasteiger partial charge in [-0.15, -0.1) is 0 Å². The number of pyridine rings is 1. The summed E-state index contributed by atoms with van der Waals surface area (Å²) in [5.41, 5.74) is 0.412. The molecule has 0 spiro atoms. The molecule has 3 nitrogen and oxygen atoms in total. The Hall–Kier alpha value is -1.09. The zero-order valence-electron chi connectivity index (χ0n) is 8.57. The van der Waals surface area contributed by atoms with Crippen LogP contribution in [0.3, 0.4) is 0 Å². The van der Waals surface area contributed by atoms with Crippen molar-refractivity contribution in [3.63, 3.8) is 0 Å². The van der Waals surface area contributed by atoms with E-state index in [1.54, 1.807) is 22.9 Å². The summed E-state index contributed by atoms with van der Waals surface area (Å²) < 4.78 is 1.67. The average Bonchev–Trinajstić information content (AvgIpc) is 2.21. The van der Waals surface area contributed by atoms with E-state index < -0.39 is 0 Å². The van der Waals surface area contributed by atoms with Crippen LogP contribution in [0.25, 0.3) is 0 Å². The lowest BCUT2D eigenvalue weighted by atomic mass is 10.2. The minimum absolute atomic E-state index is 0.0638. The molecule has 1 rings (SSSR count). The third kappa shape index (κ3) is 2.70. The van der Waals surface area contributed by atoms with E-state index in [1.165, 1.54) is 0 Å². The Morgan fingerprint density at radius 2 is 2.21 bits per heavy atom. The van der Waals surface area contributed by atoms with Crippen LogP contribution in [0.1, 0.15) is 31.7 Å². The Balaban J connectivity index is 2.72. The molecule has 3 heteroatoms. The van der Waals surface area contributed by atoms with E-state index in [2.05, 4.69) is 6.92 Å². The van der Waals surface area contributed by atoms with Gasteiger partial charge >= 0.3 is 0 Å². The van der Waals surface area contributed by atoms with Crippen molar-refractivity contribution in [1.82, 2.24) is 4.57 Å². The van der Waals surface area contributed by atoms with Gasteiger partial charge in [-0.1, -0.05) is 19.8 Å². The number of rotatable bonds is 5. The van der Waals surface area contributed by atoms with Crippen LogP contribution >= 0.6 is 0 Å². The van der Waals surface area contributed by atoms with Crippen molar-refractivity contribution in [3.8, 4) is 0 Å². The van der Waals surface area contributed by atoms with Crippen LogP contribution in [0.15, 0.2) is 23.1 Å². The molecule has 0 saturated heterocycles. The largest absolute Gasteiger partial charge is 0.391 e. The van der Waals surface area contributed by atoms with Crippen molar-refractivity contribution in [2.24, 2.45) is 0 Å². The minimum atomic E-state index is -0.173. The van der Waals surface area contributed by atoms with Gasteiger partial charge in [0, 0.05) is 18.3 Å². The van der Waals surface area contributed by atoms with Gasteiger partial charge in [0.2, 0.25) is 0 Å². The molecular formula is C11H17NO2. The molecule has 0 aliphatic carbocycles. The van der Waals surface area contributed by atoms with Crippen LogP contribution in [0.2, 0.25) is 0 Å². The third-order valence-corrected chi connectivity index (χ3v) is 2.27. The SMILES string of the molecule is CCCCCn1cccc(CO)c1=O. The van der Waals surface area contributed by atoms with Crippen molar-refractivity contribution in [1.29, 1.82) is 0 Å². The number of hydrogen-bond acceptors (Lipinski definition) is 2. The molecule has 0 saturated carbocycles. The smallest absolute Gasteiger partial charge is 0.256 e. The van der Waals surface area contributed by atoms with E-state index in [1.807, 2.05) is 0 Å². The Morgan fingerprint density at radius 1 is 1.43 bits per heavy atom. The monoisotopic (exact) mass is 195 g/mol. The molecule has 1 aromatic heterocycles. The molecule has 1 heterocycles. The molecule has 1 aromatic rings.